The van der Waals surface area contributed by atoms with E-state index in [-0.39, 0.29) is 5.69 Å². The highest BCUT2D eigenvalue weighted by atomic mass is 79.9. The molecule has 0 bridgehead atoms. The second-order valence-electron chi connectivity index (χ2n) is 6.22. The van der Waals surface area contributed by atoms with E-state index in [1.807, 2.05) is 53.4 Å². The van der Waals surface area contributed by atoms with Crippen LogP contribution in [0.15, 0.2) is 59.3 Å². The van der Waals surface area contributed by atoms with Crippen molar-refractivity contribution in [3.63, 3.8) is 0 Å². The summed E-state index contributed by atoms with van der Waals surface area (Å²) in [5.41, 5.74) is 1.86. The Kier molecular flexibility index (Phi) is 6.66. The molecule has 0 aliphatic carbocycles. The molecule has 0 radical (unpaired) electrons. The molecule has 1 aromatic heterocycles. The van der Waals surface area contributed by atoms with E-state index in [0.717, 1.165) is 22.6 Å². The lowest BCUT2D eigenvalue weighted by Gasteiger charge is -2.25. The van der Waals surface area contributed by atoms with Gasteiger partial charge in [0, 0.05) is 13.1 Å². The van der Waals surface area contributed by atoms with Gasteiger partial charge in [0.15, 0.2) is 11.5 Å². The summed E-state index contributed by atoms with van der Waals surface area (Å²) in [6.07, 6.45) is 1.50. The summed E-state index contributed by atoms with van der Waals surface area (Å²) in [5, 5.41) is 9.62. The predicted octanol–water partition coefficient (Wildman–Crippen LogP) is 4.16. The zero-order valence-electron chi connectivity index (χ0n) is 16.0. The van der Waals surface area contributed by atoms with Gasteiger partial charge >= 0.3 is 5.97 Å². The fraction of sp³-hybridized carbons (Fsp3) is 0.190. The average Bonchev–Trinajstić information content (AvgIpc) is 2.74. The molecule has 0 saturated heterocycles. The fourth-order valence-corrected chi connectivity index (χ4v) is 3.12. The van der Waals surface area contributed by atoms with Crippen LogP contribution in [-0.2, 0) is 13.1 Å². The van der Waals surface area contributed by atoms with Gasteiger partial charge in [-0.2, -0.15) is 0 Å². The maximum atomic E-state index is 11.8. The normalized spacial score (nSPS) is 10.4. The van der Waals surface area contributed by atoms with Crippen molar-refractivity contribution in [2.75, 3.05) is 19.1 Å². The number of ether oxygens (including phenoxy) is 2. The van der Waals surface area contributed by atoms with E-state index in [1.54, 1.807) is 14.2 Å². The molecule has 0 saturated carbocycles. The highest BCUT2D eigenvalue weighted by Gasteiger charge is 2.21. The largest absolute Gasteiger partial charge is 0.497 e. The molecule has 0 fully saturated rings. The number of carbonyl (C=O) groups is 1. The SMILES string of the molecule is COc1ccc(CN(Cc2ccc(OC)cc2)c2ncc(Br)nc2C(=O)O)cc1. The van der Waals surface area contributed by atoms with Gasteiger partial charge in [-0.15, -0.1) is 0 Å². The first-order chi connectivity index (χ1) is 14.0. The molecule has 29 heavy (non-hydrogen) atoms. The van der Waals surface area contributed by atoms with Gasteiger partial charge in [-0.3, -0.25) is 0 Å². The van der Waals surface area contributed by atoms with Crippen LogP contribution < -0.4 is 14.4 Å². The molecular formula is C21H20BrN3O4. The van der Waals surface area contributed by atoms with Crippen molar-refractivity contribution >= 4 is 27.7 Å². The molecule has 1 heterocycles. The standard InChI is InChI=1S/C21H20BrN3O4/c1-28-16-7-3-14(4-8-16)12-25(13-15-5-9-17(29-2)10-6-15)20-19(21(26)27)24-18(22)11-23-20/h3-11H,12-13H2,1-2H3,(H,26,27). The number of carboxylic acids is 1. The van der Waals surface area contributed by atoms with E-state index in [2.05, 4.69) is 25.9 Å². The first kappa shape index (κ1) is 20.6. The number of methoxy groups -OCH3 is 2. The highest BCUT2D eigenvalue weighted by molar-refractivity contribution is 9.10. The number of carboxylic acid groups (broad SMARTS) is 1. The summed E-state index contributed by atoms with van der Waals surface area (Å²) in [6, 6.07) is 15.2. The van der Waals surface area contributed by atoms with Crippen LogP contribution in [0.25, 0.3) is 0 Å². The van der Waals surface area contributed by atoms with Crippen LogP contribution in [0.3, 0.4) is 0 Å². The topological polar surface area (TPSA) is 84.8 Å². The minimum atomic E-state index is -1.14. The van der Waals surface area contributed by atoms with Crippen LogP contribution in [0.1, 0.15) is 21.6 Å². The quantitative estimate of drug-likeness (QED) is 0.543. The summed E-state index contributed by atoms with van der Waals surface area (Å²) >= 11 is 3.20. The van der Waals surface area contributed by atoms with Crippen LogP contribution in [0.5, 0.6) is 11.5 Å². The Morgan fingerprint density at radius 1 is 0.966 bits per heavy atom. The Morgan fingerprint density at radius 3 is 1.86 bits per heavy atom. The maximum Gasteiger partial charge on any atom is 0.358 e. The summed E-state index contributed by atoms with van der Waals surface area (Å²) in [7, 11) is 3.23. The summed E-state index contributed by atoms with van der Waals surface area (Å²) < 4.78 is 10.8. The molecule has 3 rings (SSSR count). The number of hydrogen-bond acceptors (Lipinski definition) is 6. The lowest BCUT2D eigenvalue weighted by atomic mass is 10.1. The van der Waals surface area contributed by atoms with E-state index in [1.165, 1.54) is 6.20 Å². The van der Waals surface area contributed by atoms with Crippen molar-refractivity contribution in [1.29, 1.82) is 0 Å². The van der Waals surface area contributed by atoms with E-state index in [0.29, 0.717) is 23.5 Å². The molecule has 0 aliphatic rings. The lowest BCUT2D eigenvalue weighted by Crippen LogP contribution is -2.26. The van der Waals surface area contributed by atoms with Gasteiger partial charge in [-0.1, -0.05) is 24.3 Å². The summed E-state index contributed by atoms with van der Waals surface area (Å²) in [5.74, 6) is 0.672. The van der Waals surface area contributed by atoms with Gasteiger partial charge in [-0.25, -0.2) is 14.8 Å². The molecule has 2 aromatic carbocycles. The number of halogens is 1. The summed E-state index contributed by atoms with van der Waals surface area (Å²) in [4.78, 5) is 22.1. The third-order valence-electron chi connectivity index (χ3n) is 4.29. The number of rotatable bonds is 8. The van der Waals surface area contributed by atoms with Gasteiger partial charge in [0.2, 0.25) is 0 Å². The third-order valence-corrected chi connectivity index (χ3v) is 4.67. The molecule has 3 aromatic rings. The van der Waals surface area contributed by atoms with Gasteiger partial charge in [-0.05, 0) is 51.3 Å². The maximum absolute atomic E-state index is 11.8. The first-order valence-corrected chi connectivity index (χ1v) is 9.56. The second-order valence-corrected chi connectivity index (χ2v) is 7.03. The van der Waals surface area contributed by atoms with E-state index in [4.69, 9.17) is 9.47 Å². The number of aromatic carboxylic acids is 1. The minimum Gasteiger partial charge on any atom is -0.497 e. The molecule has 1 N–H and O–H groups in total. The zero-order valence-corrected chi connectivity index (χ0v) is 17.6. The van der Waals surface area contributed by atoms with Crippen LogP contribution >= 0.6 is 15.9 Å². The lowest BCUT2D eigenvalue weighted by molar-refractivity contribution is 0.0690. The van der Waals surface area contributed by atoms with E-state index < -0.39 is 5.97 Å². The summed E-state index contributed by atoms with van der Waals surface area (Å²) in [6.45, 7) is 0.902. The molecule has 0 aliphatic heterocycles. The predicted molar refractivity (Wildman–Crippen MR) is 113 cm³/mol. The number of anilines is 1. The molecule has 7 nitrogen and oxygen atoms in total. The van der Waals surface area contributed by atoms with E-state index >= 15 is 0 Å². The smallest absolute Gasteiger partial charge is 0.358 e. The number of benzene rings is 2. The van der Waals surface area contributed by atoms with E-state index in [9.17, 15) is 9.90 Å². The molecular weight excluding hydrogens is 438 g/mol. The second kappa shape index (κ2) is 9.38. The van der Waals surface area contributed by atoms with Crippen molar-refractivity contribution in [2.24, 2.45) is 0 Å². The molecule has 0 spiro atoms. The Balaban J connectivity index is 1.97. The van der Waals surface area contributed by atoms with Crippen LogP contribution in [0, 0.1) is 0 Å². The monoisotopic (exact) mass is 457 g/mol. The van der Waals surface area contributed by atoms with Crippen molar-refractivity contribution in [2.45, 2.75) is 13.1 Å². The van der Waals surface area contributed by atoms with Crippen LogP contribution in [-0.4, -0.2) is 35.3 Å². The van der Waals surface area contributed by atoms with Crippen LogP contribution in [0.2, 0.25) is 0 Å². The Hall–Kier alpha value is -3.13. The molecule has 0 amide bonds. The Morgan fingerprint density at radius 2 is 1.45 bits per heavy atom. The van der Waals surface area contributed by atoms with Crippen molar-refractivity contribution in [3.05, 3.63) is 76.2 Å². The highest BCUT2D eigenvalue weighted by Crippen LogP contribution is 2.24. The van der Waals surface area contributed by atoms with Crippen molar-refractivity contribution < 1.29 is 19.4 Å². The molecule has 0 atom stereocenters. The van der Waals surface area contributed by atoms with Gasteiger partial charge < -0.3 is 19.5 Å². The number of nitrogens with zero attached hydrogens (tertiary/aromatic N) is 3. The number of hydrogen-bond donors (Lipinski definition) is 1. The molecule has 150 valence electrons. The van der Waals surface area contributed by atoms with Crippen molar-refractivity contribution in [1.82, 2.24) is 9.97 Å². The molecule has 8 heteroatoms. The first-order valence-electron chi connectivity index (χ1n) is 8.77. The Bertz CT molecular complexity index is 929. The van der Waals surface area contributed by atoms with Crippen LogP contribution in [0.4, 0.5) is 5.82 Å². The van der Waals surface area contributed by atoms with Gasteiger partial charge in [0.25, 0.3) is 0 Å². The zero-order chi connectivity index (χ0) is 20.8. The third kappa shape index (κ3) is 5.23. The Labute approximate surface area is 177 Å². The van der Waals surface area contributed by atoms with Crippen molar-refractivity contribution in [3.8, 4) is 11.5 Å². The number of aromatic nitrogens is 2. The van der Waals surface area contributed by atoms with Gasteiger partial charge in [0.1, 0.15) is 16.1 Å². The average molecular weight is 458 g/mol. The molecule has 0 unspecified atom stereocenters. The minimum absolute atomic E-state index is 0.110. The van der Waals surface area contributed by atoms with Gasteiger partial charge in [0.05, 0.1) is 20.4 Å². The fourth-order valence-electron chi connectivity index (χ4n) is 2.84.